The van der Waals surface area contributed by atoms with Crippen molar-refractivity contribution < 1.29 is 49.4 Å². The lowest BCUT2D eigenvalue weighted by Gasteiger charge is -2.39. The van der Waals surface area contributed by atoms with Gasteiger partial charge in [-0.05, 0) is 20.3 Å². The van der Waals surface area contributed by atoms with Gasteiger partial charge in [-0.1, -0.05) is 141 Å². The maximum atomic E-state index is 11.8. The van der Waals surface area contributed by atoms with E-state index in [1.54, 1.807) is 50.3 Å². The van der Waals surface area contributed by atoms with Crippen molar-refractivity contribution in [2.24, 2.45) is 11.8 Å². The third-order valence-electron chi connectivity index (χ3n) is 8.69. The van der Waals surface area contributed by atoms with Crippen molar-refractivity contribution in [2.75, 3.05) is 0 Å². The van der Waals surface area contributed by atoms with E-state index in [4.69, 9.17) is 9.47 Å². The second-order valence-electron chi connectivity index (χ2n) is 13.2. The van der Waals surface area contributed by atoms with Gasteiger partial charge in [-0.3, -0.25) is 14.4 Å². The number of nitrogens with one attached hydrogen (secondary N) is 1. The maximum absolute atomic E-state index is 11.8. The lowest BCUT2D eigenvalue weighted by Crippen LogP contribution is -2.57. The molecule has 6 N–H and O–H groups in total. The lowest BCUT2D eigenvalue weighted by atomic mass is 9.89. The zero-order valence-electron chi connectivity index (χ0n) is 31.5. The predicted molar refractivity (Wildman–Crippen MR) is 210 cm³/mol. The quantitative estimate of drug-likeness (QED) is 0.0602. The Morgan fingerprint density at radius 3 is 1.76 bits per heavy atom. The molecule has 1 aliphatic carbocycles. The van der Waals surface area contributed by atoms with Crippen LogP contribution < -0.4 is 5.32 Å². The van der Waals surface area contributed by atoms with Gasteiger partial charge in [-0.25, -0.2) is 0 Å². The minimum Gasteiger partial charge on any atom is -0.392 e. The van der Waals surface area contributed by atoms with Crippen molar-refractivity contribution in [1.82, 2.24) is 5.32 Å². The van der Waals surface area contributed by atoms with E-state index in [-0.39, 0.29) is 42.3 Å². The van der Waals surface area contributed by atoms with E-state index in [1.807, 2.05) is 98.9 Å². The number of aliphatic hydroxyl groups is 5. The summed E-state index contributed by atoms with van der Waals surface area (Å²) in [5.74, 6) is -1.56. The predicted octanol–water partition coefficient (Wildman–Crippen LogP) is 4.14. The molecule has 1 heterocycles. The fourth-order valence-electron chi connectivity index (χ4n) is 5.25. The zero-order valence-corrected chi connectivity index (χ0v) is 31.5. The van der Waals surface area contributed by atoms with Gasteiger partial charge in [0.05, 0.1) is 24.4 Å². The summed E-state index contributed by atoms with van der Waals surface area (Å²) in [6.07, 6.45) is 32.6. The third-order valence-corrected chi connectivity index (χ3v) is 8.69. The standard InChI is InChI=1S/C43H57NO10/c1-30(24-20-16-12-8-5-6-11-15-19-23-27-37(48)44-38-35(46)28-29-36(38)47)39(49)32(3)34(45)26-22-18-14-10-7-9-13-17-21-25-31(2)53-43-42(52)41(51)40(50)33(4)54-43/h5-24,26-27,30-34,38-43,45,49-52H,25,28-29H2,1-4H3,(H,44,48)/b8-5+,10-7?,11-6+,13-9?,16-12+,18-14?,19-15?,21-17?,24-20?,26-22?,27-23?. The van der Waals surface area contributed by atoms with Crippen molar-refractivity contribution in [3.05, 3.63) is 134 Å². The van der Waals surface area contributed by atoms with Crippen LogP contribution in [-0.2, 0) is 23.9 Å². The first kappa shape index (κ1) is 45.8. The van der Waals surface area contributed by atoms with Gasteiger partial charge >= 0.3 is 0 Å². The van der Waals surface area contributed by atoms with Crippen LogP contribution in [0.3, 0.4) is 0 Å². The monoisotopic (exact) mass is 747 g/mol. The molecule has 0 aromatic rings. The number of allylic oxidation sites excluding steroid dienone is 18. The highest BCUT2D eigenvalue weighted by molar-refractivity contribution is 6.14. The van der Waals surface area contributed by atoms with Gasteiger partial charge in [0.2, 0.25) is 5.91 Å². The van der Waals surface area contributed by atoms with Crippen molar-refractivity contribution in [1.29, 1.82) is 0 Å². The van der Waals surface area contributed by atoms with Gasteiger partial charge in [0.1, 0.15) is 24.4 Å². The van der Waals surface area contributed by atoms with E-state index < -0.39 is 54.9 Å². The average Bonchev–Trinajstić information content (AvgIpc) is 3.46. The largest absolute Gasteiger partial charge is 0.392 e. The minimum atomic E-state index is -1.32. The van der Waals surface area contributed by atoms with Crippen molar-refractivity contribution in [3.8, 4) is 0 Å². The van der Waals surface area contributed by atoms with Gasteiger partial charge in [0, 0.05) is 30.8 Å². The SMILES string of the molecule is CC(CC=CC=CC=CC=CC=CC(O)C(C)C(O)C(C)C=C/C=C/C=C/C=C/C=CC=CC(=O)NC1C(=O)CCC1=O)OC1OC(C)C(O)C(O)C1O. The molecule has 2 rings (SSSR count). The summed E-state index contributed by atoms with van der Waals surface area (Å²) in [6, 6.07) is -1.02. The number of hydrogen-bond donors (Lipinski definition) is 6. The van der Waals surface area contributed by atoms with E-state index >= 15 is 0 Å². The van der Waals surface area contributed by atoms with Crippen molar-refractivity contribution in [3.63, 3.8) is 0 Å². The molecule has 11 heteroatoms. The van der Waals surface area contributed by atoms with Crippen LogP contribution in [0.2, 0.25) is 0 Å². The van der Waals surface area contributed by atoms with Crippen LogP contribution in [0, 0.1) is 11.8 Å². The molecule has 1 amide bonds. The molecule has 1 aliphatic heterocycles. The Bertz CT molecular complexity index is 1500. The number of carbonyl (C=O) groups is 3. The van der Waals surface area contributed by atoms with E-state index in [1.165, 1.54) is 12.2 Å². The molecule has 2 fully saturated rings. The number of hydrogen-bond acceptors (Lipinski definition) is 10. The van der Waals surface area contributed by atoms with Crippen LogP contribution in [0.1, 0.15) is 47.0 Å². The fourth-order valence-corrected chi connectivity index (χ4v) is 5.25. The second kappa shape index (κ2) is 25.6. The van der Waals surface area contributed by atoms with E-state index in [9.17, 15) is 39.9 Å². The van der Waals surface area contributed by atoms with Crippen LogP contribution in [0.25, 0.3) is 0 Å². The molecule has 54 heavy (non-hydrogen) atoms. The van der Waals surface area contributed by atoms with E-state index in [2.05, 4.69) is 5.32 Å². The molecule has 0 aromatic heterocycles. The average molecular weight is 748 g/mol. The van der Waals surface area contributed by atoms with Crippen molar-refractivity contribution in [2.45, 2.75) is 102 Å². The van der Waals surface area contributed by atoms with Crippen LogP contribution in [0.4, 0.5) is 0 Å². The summed E-state index contributed by atoms with van der Waals surface area (Å²) in [5.41, 5.74) is 0. The number of amides is 1. The molecule has 1 saturated heterocycles. The molecule has 1 saturated carbocycles. The molecule has 294 valence electrons. The first-order valence-electron chi connectivity index (χ1n) is 18.3. The molecular weight excluding hydrogens is 690 g/mol. The Morgan fingerprint density at radius 2 is 1.20 bits per heavy atom. The summed E-state index contributed by atoms with van der Waals surface area (Å²) in [7, 11) is 0. The number of aliphatic hydroxyl groups excluding tert-OH is 5. The topological polar surface area (TPSA) is 183 Å². The highest BCUT2D eigenvalue weighted by Crippen LogP contribution is 2.23. The Morgan fingerprint density at radius 1 is 0.722 bits per heavy atom. The molecule has 2 aliphatic rings. The van der Waals surface area contributed by atoms with Gasteiger partial charge in [0.15, 0.2) is 17.9 Å². The number of rotatable bonds is 20. The fraction of sp³-hybridized carbons (Fsp3) is 0.419. The van der Waals surface area contributed by atoms with E-state index in [0.29, 0.717) is 6.42 Å². The first-order valence-corrected chi connectivity index (χ1v) is 18.3. The number of ketones is 2. The minimum absolute atomic E-state index is 0.178. The van der Waals surface area contributed by atoms with Crippen LogP contribution in [0.5, 0.6) is 0 Å². The molecule has 0 spiro atoms. The Labute approximate surface area is 319 Å². The summed E-state index contributed by atoms with van der Waals surface area (Å²) in [5, 5.41) is 53.4. The van der Waals surface area contributed by atoms with Gasteiger partial charge < -0.3 is 40.3 Å². The lowest BCUT2D eigenvalue weighted by molar-refractivity contribution is -0.302. The number of Topliss-reactive ketones (excluding diaryl/α,β-unsaturated/α-hetero) is 2. The zero-order chi connectivity index (χ0) is 39.9. The Balaban J connectivity index is 1.62. The van der Waals surface area contributed by atoms with Gasteiger partial charge in [-0.15, -0.1) is 0 Å². The number of carbonyl (C=O) groups excluding carboxylic acids is 3. The maximum Gasteiger partial charge on any atom is 0.244 e. The summed E-state index contributed by atoms with van der Waals surface area (Å²) < 4.78 is 11.1. The molecule has 0 bridgehead atoms. The Kier molecular flexibility index (Phi) is 21.8. The Hall–Kier alpha value is -4.33. The molecule has 10 unspecified atom stereocenters. The van der Waals surface area contributed by atoms with Crippen LogP contribution in [0.15, 0.2) is 134 Å². The molecular formula is C43H57NO10. The highest BCUT2D eigenvalue weighted by Gasteiger charge is 2.42. The van der Waals surface area contributed by atoms with Crippen LogP contribution in [-0.4, -0.2) is 98.1 Å². The van der Waals surface area contributed by atoms with Crippen LogP contribution >= 0.6 is 0 Å². The summed E-state index contributed by atoms with van der Waals surface area (Å²) in [4.78, 5) is 35.0. The second-order valence-corrected chi connectivity index (χ2v) is 13.2. The smallest absolute Gasteiger partial charge is 0.244 e. The molecule has 0 aromatic carbocycles. The van der Waals surface area contributed by atoms with Gasteiger partial charge in [0.25, 0.3) is 0 Å². The molecule has 10 atom stereocenters. The number of ether oxygens (including phenoxy) is 2. The molecule has 0 radical (unpaired) electrons. The van der Waals surface area contributed by atoms with Crippen molar-refractivity contribution >= 4 is 17.5 Å². The van der Waals surface area contributed by atoms with E-state index in [0.717, 1.165) is 0 Å². The van der Waals surface area contributed by atoms with Gasteiger partial charge in [-0.2, -0.15) is 0 Å². The normalized spacial score (nSPS) is 26.7. The highest BCUT2D eigenvalue weighted by atomic mass is 16.7. The third kappa shape index (κ3) is 17.2. The summed E-state index contributed by atoms with van der Waals surface area (Å²) >= 11 is 0. The first-order chi connectivity index (χ1) is 25.8. The summed E-state index contributed by atoms with van der Waals surface area (Å²) in [6.45, 7) is 7.12. The molecule has 11 nitrogen and oxygen atoms in total.